The number of benzene rings is 1. The number of nitrogens with zero attached hydrogens (tertiary/aromatic N) is 1. The predicted octanol–water partition coefficient (Wildman–Crippen LogP) is 1.86. The van der Waals surface area contributed by atoms with Crippen LogP contribution in [0.15, 0.2) is 24.3 Å². The number of piperidine rings is 1. The average Bonchev–Trinajstić information content (AvgIpc) is 2.65. The van der Waals surface area contributed by atoms with Crippen molar-refractivity contribution in [3.8, 4) is 0 Å². The minimum atomic E-state index is -0.571. The molecule has 7 heteroatoms. The molecular weight excluding hydrogens is 335 g/mol. The fourth-order valence-electron chi connectivity index (χ4n) is 3.10. The number of carbonyl (C=O) groups excluding carboxylic acids is 2. The summed E-state index contributed by atoms with van der Waals surface area (Å²) in [6, 6.07) is 5.27. The minimum Gasteiger partial charge on any atom is -0.339 e. The molecule has 1 aliphatic heterocycles. The smallest absolute Gasteiger partial charge is 0.315 e. The molecule has 2 atom stereocenters. The van der Waals surface area contributed by atoms with Crippen LogP contribution in [0.25, 0.3) is 0 Å². The van der Waals surface area contributed by atoms with Gasteiger partial charge < -0.3 is 20.9 Å². The molecule has 0 saturated carbocycles. The predicted molar refractivity (Wildman–Crippen MR) is 99.1 cm³/mol. The van der Waals surface area contributed by atoms with E-state index in [1.165, 1.54) is 12.1 Å². The van der Waals surface area contributed by atoms with Crippen molar-refractivity contribution in [1.29, 1.82) is 0 Å². The number of hydrogen-bond donors (Lipinski definition) is 3. The van der Waals surface area contributed by atoms with Crippen LogP contribution >= 0.6 is 0 Å². The van der Waals surface area contributed by atoms with Crippen molar-refractivity contribution in [2.45, 2.75) is 45.3 Å². The molecule has 6 nitrogen and oxygen atoms in total. The number of urea groups is 1. The van der Waals surface area contributed by atoms with E-state index in [9.17, 15) is 14.0 Å². The minimum absolute atomic E-state index is 0.0194. The zero-order valence-electron chi connectivity index (χ0n) is 15.7. The Hall–Kier alpha value is -2.15. The number of amides is 3. The van der Waals surface area contributed by atoms with Crippen LogP contribution in [0.3, 0.4) is 0 Å². The standard InChI is InChI=1S/C19H29FN4O2/c1-13(2)17(18(25)24-10-4-5-16(12-24)21-3)23-19(26)22-11-14-6-8-15(20)9-7-14/h6-9,13,16-17,21H,4-5,10-12H2,1-3H3,(H2,22,23,26). The van der Waals surface area contributed by atoms with E-state index in [1.807, 2.05) is 25.8 Å². The van der Waals surface area contributed by atoms with Crippen LogP contribution < -0.4 is 16.0 Å². The number of rotatable bonds is 6. The van der Waals surface area contributed by atoms with Crippen LogP contribution in [0.4, 0.5) is 9.18 Å². The number of nitrogens with one attached hydrogen (secondary N) is 3. The van der Waals surface area contributed by atoms with Gasteiger partial charge in [0, 0.05) is 25.7 Å². The summed E-state index contributed by atoms with van der Waals surface area (Å²) < 4.78 is 12.9. The van der Waals surface area contributed by atoms with Gasteiger partial charge in [0.2, 0.25) is 5.91 Å². The van der Waals surface area contributed by atoms with Gasteiger partial charge in [-0.15, -0.1) is 0 Å². The van der Waals surface area contributed by atoms with Crippen LogP contribution in [0.1, 0.15) is 32.3 Å². The van der Waals surface area contributed by atoms with Crippen LogP contribution in [-0.2, 0) is 11.3 Å². The van der Waals surface area contributed by atoms with E-state index in [2.05, 4.69) is 16.0 Å². The van der Waals surface area contributed by atoms with Gasteiger partial charge in [-0.1, -0.05) is 26.0 Å². The lowest BCUT2D eigenvalue weighted by Crippen LogP contribution is -2.56. The summed E-state index contributed by atoms with van der Waals surface area (Å²) in [7, 11) is 1.90. The molecule has 0 aliphatic carbocycles. The Balaban J connectivity index is 1.90. The van der Waals surface area contributed by atoms with Gasteiger partial charge in [0.15, 0.2) is 0 Å². The van der Waals surface area contributed by atoms with E-state index in [-0.39, 0.29) is 24.2 Å². The summed E-state index contributed by atoms with van der Waals surface area (Å²) in [6.45, 7) is 5.50. The van der Waals surface area contributed by atoms with Gasteiger partial charge in [-0.05, 0) is 43.5 Å². The maximum absolute atomic E-state index is 12.9. The molecule has 1 aromatic rings. The summed E-state index contributed by atoms with van der Waals surface area (Å²) in [6.07, 6.45) is 2.01. The quantitative estimate of drug-likeness (QED) is 0.721. The van der Waals surface area contributed by atoms with E-state index < -0.39 is 12.1 Å². The van der Waals surface area contributed by atoms with Crippen molar-refractivity contribution < 1.29 is 14.0 Å². The van der Waals surface area contributed by atoms with Crippen molar-refractivity contribution in [1.82, 2.24) is 20.9 Å². The van der Waals surface area contributed by atoms with Gasteiger partial charge >= 0.3 is 6.03 Å². The first-order chi connectivity index (χ1) is 12.4. The highest BCUT2D eigenvalue weighted by Gasteiger charge is 2.31. The fraction of sp³-hybridized carbons (Fsp3) is 0.579. The third-order valence-electron chi connectivity index (χ3n) is 4.73. The second-order valence-electron chi connectivity index (χ2n) is 7.09. The number of carbonyl (C=O) groups is 2. The lowest BCUT2D eigenvalue weighted by atomic mass is 10.00. The first kappa shape index (κ1) is 20.2. The maximum Gasteiger partial charge on any atom is 0.315 e. The molecule has 0 spiro atoms. The summed E-state index contributed by atoms with van der Waals surface area (Å²) in [5.74, 6) is -0.379. The topological polar surface area (TPSA) is 73.5 Å². The van der Waals surface area contributed by atoms with E-state index in [4.69, 9.17) is 0 Å². The van der Waals surface area contributed by atoms with Crippen molar-refractivity contribution in [3.63, 3.8) is 0 Å². The summed E-state index contributed by atoms with van der Waals surface area (Å²) in [5.41, 5.74) is 0.793. The van der Waals surface area contributed by atoms with E-state index in [0.717, 1.165) is 24.9 Å². The Bertz CT molecular complexity index is 606. The SMILES string of the molecule is CNC1CCCN(C(=O)C(NC(=O)NCc2ccc(F)cc2)C(C)C)C1. The van der Waals surface area contributed by atoms with E-state index in [0.29, 0.717) is 12.6 Å². The highest BCUT2D eigenvalue weighted by atomic mass is 19.1. The van der Waals surface area contributed by atoms with Crippen molar-refractivity contribution in [2.24, 2.45) is 5.92 Å². The maximum atomic E-state index is 12.9. The molecule has 1 aliphatic rings. The van der Waals surface area contributed by atoms with Crippen molar-refractivity contribution in [3.05, 3.63) is 35.6 Å². The van der Waals surface area contributed by atoms with Gasteiger partial charge in [-0.2, -0.15) is 0 Å². The molecule has 3 N–H and O–H groups in total. The molecule has 1 aromatic carbocycles. The lowest BCUT2D eigenvalue weighted by Gasteiger charge is -2.36. The van der Waals surface area contributed by atoms with Crippen LogP contribution in [0.2, 0.25) is 0 Å². The number of likely N-dealkylation sites (N-methyl/N-ethyl adjacent to an activating group) is 1. The van der Waals surface area contributed by atoms with Crippen LogP contribution in [-0.4, -0.2) is 49.1 Å². The Kier molecular flexibility index (Phi) is 7.38. The molecule has 1 saturated heterocycles. The Morgan fingerprint density at radius 1 is 1.27 bits per heavy atom. The first-order valence-corrected chi connectivity index (χ1v) is 9.15. The molecule has 26 heavy (non-hydrogen) atoms. The normalized spacial score (nSPS) is 18.5. The van der Waals surface area contributed by atoms with Gasteiger partial charge in [-0.25, -0.2) is 9.18 Å². The highest BCUT2D eigenvalue weighted by molar-refractivity contribution is 5.87. The molecule has 144 valence electrons. The summed E-state index contributed by atoms with van der Waals surface area (Å²) >= 11 is 0. The fourth-order valence-corrected chi connectivity index (χ4v) is 3.10. The zero-order valence-corrected chi connectivity index (χ0v) is 15.7. The third kappa shape index (κ3) is 5.69. The molecule has 0 bridgehead atoms. The average molecular weight is 364 g/mol. The third-order valence-corrected chi connectivity index (χ3v) is 4.73. The monoisotopic (exact) mass is 364 g/mol. The highest BCUT2D eigenvalue weighted by Crippen LogP contribution is 2.14. The summed E-state index contributed by atoms with van der Waals surface area (Å²) in [4.78, 5) is 26.9. The zero-order chi connectivity index (χ0) is 19.1. The second-order valence-corrected chi connectivity index (χ2v) is 7.09. The molecular formula is C19H29FN4O2. The Morgan fingerprint density at radius 3 is 2.58 bits per heavy atom. The molecule has 0 aromatic heterocycles. The molecule has 1 heterocycles. The molecule has 2 unspecified atom stereocenters. The largest absolute Gasteiger partial charge is 0.339 e. The number of likely N-dealkylation sites (tertiary alicyclic amines) is 1. The van der Waals surface area contributed by atoms with Crippen molar-refractivity contribution in [2.75, 3.05) is 20.1 Å². The van der Waals surface area contributed by atoms with Crippen molar-refractivity contribution >= 4 is 11.9 Å². The molecule has 2 rings (SSSR count). The van der Waals surface area contributed by atoms with Gasteiger partial charge in [0.25, 0.3) is 0 Å². The van der Waals surface area contributed by atoms with E-state index >= 15 is 0 Å². The van der Waals surface area contributed by atoms with Crippen LogP contribution in [0.5, 0.6) is 0 Å². The number of halogens is 1. The summed E-state index contributed by atoms with van der Waals surface area (Å²) in [5, 5.41) is 8.74. The number of hydrogen-bond acceptors (Lipinski definition) is 3. The molecule has 3 amide bonds. The molecule has 1 fully saturated rings. The Morgan fingerprint density at radius 2 is 1.96 bits per heavy atom. The molecule has 0 radical (unpaired) electrons. The second kappa shape index (κ2) is 9.52. The van der Waals surface area contributed by atoms with Crippen LogP contribution in [0, 0.1) is 11.7 Å². The lowest BCUT2D eigenvalue weighted by molar-refractivity contribution is -0.135. The van der Waals surface area contributed by atoms with Gasteiger partial charge in [0.05, 0.1) is 0 Å². The van der Waals surface area contributed by atoms with E-state index in [1.54, 1.807) is 12.1 Å². The Labute approximate surface area is 154 Å². The first-order valence-electron chi connectivity index (χ1n) is 9.15. The van der Waals surface area contributed by atoms with Gasteiger partial charge in [-0.3, -0.25) is 4.79 Å². The van der Waals surface area contributed by atoms with Gasteiger partial charge in [0.1, 0.15) is 11.9 Å².